The Kier molecular flexibility index (Phi) is 4.50. The smallest absolute Gasteiger partial charge is 0.249 e. The molecule has 6 heteroatoms. The van der Waals surface area contributed by atoms with Gasteiger partial charge in [0.2, 0.25) is 11.8 Å². The predicted octanol–water partition coefficient (Wildman–Crippen LogP) is 4.20. The molecule has 5 nitrogen and oxygen atoms in total. The molecular weight excluding hydrogens is 336 g/mol. The molecule has 0 unspecified atom stereocenters. The normalized spacial score (nSPS) is 11.2. The van der Waals surface area contributed by atoms with Crippen molar-refractivity contribution in [1.82, 2.24) is 20.5 Å². The summed E-state index contributed by atoms with van der Waals surface area (Å²) in [6.07, 6.45) is 2.99. The van der Waals surface area contributed by atoms with Gasteiger partial charge in [0, 0.05) is 17.1 Å². The number of hydrogen-bond acceptors (Lipinski definition) is 4. The van der Waals surface area contributed by atoms with Gasteiger partial charge in [-0.15, -0.1) is 10.2 Å². The summed E-state index contributed by atoms with van der Waals surface area (Å²) in [6, 6.07) is 15.7. The first-order valence-corrected chi connectivity index (χ1v) is 8.52. The van der Waals surface area contributed by atoms with Crippen molar-refractivity contribution in [3.8, 4) is 11.5 Å². The molecule has 4 rings (SSSR count). The lowest BCUT2D eigenvalue weighted by Gasteiger charge is -2.01. The number of benzene rings is 2. The number of halogens is 1. The highest BCUT2D eigenvalue weighted by atomic mass is 35.5. The Morgan fingerprint density at radius 3 is 2.80 bits per heavy atom. The first kappa shape index (κ1) is 15.9. The second kappa shape index (κ2) is 7.09. The zero-order chi connectivity index (χ0) is 17.1. The van der Waals surface area contributed by atoms with E-state index in [-0.39, 0.29) is 0 Å². The van der Waals surface area contributed by atoms with E-state index in [0.717, 1.165) is 18.5 Å². The van der Waals surface area contributed by atoms with E-state index in [1.54, 1.807) is 6.07 Å². The van der Waals surface area contributed by atoms with Crippen molar-refractivity contribution in [1.29, 1.82) is 0 Å². The Bertz CT molecular complexity index is 992. The van der Waals surface area contributed by atoms with E-state index in [4.69, 9.17) is 16.0 Å². The van der Waals surface area contributed by atoms with Crippen LogP contribution >= 0.6 is 11.6 Å². The van der Waals surface area contributed by atoms with Crippen LogP contribution in [0, 0.1) is 0 Å². The van der Waals surface area contributed by atoms with E-state index in [1.165, 1.54) is 16.5 Å². The molecule has 2 aromatic heterocycles. The van der Waals surface area contributed by atoms with Crippen LogP contribution in [-0.4, -0.2) is 21.7 Å². The number of nitrogens with zero attached hydrogens (tertiary/aromatic N) is 2. The number of aromatic amines is 1. The first-order valence-electron chi connectivity index (χ1n) is 8.14. The Labute approximate surface area is 150 Å². The zero-order valence-corrected chi connectivity index (χ0v) is 14.3. The van der Waals surface area contributed by atoms with E-state index in [1.807, 2.05) is 24.3 Å². The maximum absolute atomic E-state index is 6.15. The third kappa shape index (κ3) is 3.43. The van der Waals surface area contributed by atoms with Gasteiger partial charge in [0.05, 0.1) is 17.1 Å². The summed E-state index contributed by atoms with van der Waals surface area (Å²) in [7, 11) is 0. The summed E-state index contributed by atoms with van der Waals surface area (Å²) in [4.78, 5) is 3.29. The van der Waals surface area contributed by atoms with Gasteiger partial charge in [-0.25, -0.2) is 0 Å². The molecule has 2 aromatic carbocycles. The Morgan fingerprint density at radius 1 is 1.04 bits per heavy atom. The van der Waals surface area contributed by atoms with Gasteiger partial charge >= 0.3 is 0 Å². The molecule has 0 atom stereocenters. The molecule has 0 amide bonds. The Balaban J connectivity index is 1.34. The average molecular weight is 353 g/mol. The zero-order valence-electron chi connectivity index (χ0n) is 13.5. The Morgan fingerprint density at radius 2 is 1.88 bits per heavy atom. The summed E-state index contributed by atoms with van der Waals surface area (Å²) in [5.74, 6) is 0.993. The molecule has 2 heterocycles. The fourth-order valence-electron chi connectivity index (χ4n) is 2.83. The van der Waals surface area contributed by atoms with Crippen LogP contribution in [0.25, 0.3) is 22.4 Å². The van der Waals surface area contributed by atoms with Crippen LogP contribution in [0.5, 0.6) is 0 Å². The molecule has 0 aliphatic carbocycles. The van der Waals surface area contributed by atoms with Crippen molar-refractivity contribution in [2.24, 2.45) is 0 Å². The van der Waals surface area contributed by atoms with Gasteiger partial charge in [0.15, 0.2) is 0 Å². The second-order valence-electron chi connectivity index (χ2n) is 5.77. The molecule has 0 saturated carbocycles. The first-order chi connectivity index (χ1) is 12.3. The fourth-order valence-corrected chi connectivity index (χ4v) is 3.04. The molecule has 0 radical (unpaired) electrons. The molecule has 0 aliphatic rings. The van der Waals surface area contributed by atoms with Gasteiger partial charge in [-0.2, -0.15) is 0 Å². The minimum Gasteiger partial charge on any atom is -0.419 e. The van der Waals surface area contributed by atoms with Crippen molar-refractivity contribution in [3.05, 3.63) is 71.2 Å². The quantitative estimate of drug-likeness (QED) is 0.510. The van der Waals surface area contributed by atoms with Crippen LogP contribution in [0.1, 0.15) is 11.5 Å². The third-order valence-corrected chi connectivity index (χ3v) is 4.42. The average Bonchev–Trinajstić information content (AvgIpc) is 3.26. The van der Waals surface area contributed by atoms with E-state index >= 15 is 0 Å². The van der Waals surface area contributed by atoms with Crippen molar-refractivity contribution in [2.45, 2.75) is 13.0 Å². The van der Waals surface area contributed by atoms with Crippen LogP contribution in [0.15, 0.2) is 59.1 Å². The topological polar surface area (TPSA) is 66.7 Å². The summed E-state index contributed by atoms with van der Waals surface area (Å²) in [6.45, 7) is 1.35. The third-order valence-electron chi connectivity index (χ3n) is 4.09. The summed E-state index contributed by atoms with van der Waals surface area (Å²) in [5.41, 5.74) is 3.21. The SMILES string of the molecule is Clc1ccccc1-c1nnc(CNCCc2c[nH]c3ccccc23)o1. The van der Waals surface area contributed by atoms with Crippen LogP contribution in [-0.2, 0) is 13.0 Å². The van der Waals surface area contributed by atoms with E-state index in [9.17, 15) is 0 Å². The van der Waals surface area contributed by atoms with Gasteiger partial charge in [0.25, 0.3) is 0 Å². The Hall–Kier alpha value is -2.63. The fraction of sp³-hybridized carbons (Fsp3) is 0.158. The van der Waals surface area contributed by atoms with Crippen LogP contribution in [0.4, 0.5) is 0 Å². The minimum atomic E-state index is 0.444. The van der Waals surface area contributed by atoms with Gasteiger partial charge in [-0.3, -0.25) is 0 Å². The lowest BCUT2D eigenvalue weighted by Crippen LogP contribution is -2.16. The van der Waals surface area contributed by atoms with Gasteiger partial charge < -0.3 is 14.7 Å². The van der Waals surface area contributed by atoms with Crippen molar-refractivity contribution in [2.75, 3.05) is 6.54 Å². The molecule has 0 spiro atoms. The lowest BCUT2D eigenvalue weighted by molar-refractivity contribution is 0.479. The highest BCUT2D eigenvalue weighted by Crippen LogP contribution is 2.26. The molecule has 2 N–H and O–H groups in total. The van der Waals surface area contributed by atoms with E-state index in [2.05, 4.69) is 44.9 Å². The standard InChI is InChI=1S/C19H17ClN4O/c20-16-7-3-1-6-15(16)19-24-23-18(25-19)12-21-10-9-13-11-22-17-8-4-2-5-14(13)17/h1-8,11,21-22H,9-10,12H2. The highest BCUT2D eigenvalue weighted by molar-refractivity contribution is 6.33. The van der Waals surface area contributed by atoms with Crippen LogP contribution in [0.3, 0.4) is 0 Å². The van der Waals surface area contributed by atoms with Gasteiger partial charge in [-0.1, -0.05) is 41.9 Å². The number of para-hydroxylation sites is 1. The second-order valence-corrected chi connectivity index (χ2v) is 6.17. The summed E-state index contributed by atoms with van der Waals surface area (Å²) < 4.78 is 5.68. The van der Waals surface area contributed by atoms with Crippen molar-refractivity contribution < 1.29 is 4.42 Å². The predicted molar refractivity (Wildman–Crippen MR) is 98.5 cm³/mol. The molecule has 4 aromatic rings. The number of hydrogen-bond donors (Lipinski definition) is 2. The number of aromatic nitrogens is 3. The summed E-state index contributed by atoms with van der Waals surface area (Å²) in [5, 5.41) is 13.4. The van der Waals surface area contributed by atoms with E-state index < -0.39 is 0 Å². The highest BCUT2D eigenvalue weighted by Gasteiger charge is 2.11. The van der Waals surface area contributed by atoms with E-state index in [0.29, 0.717) is 23.3 Å². The van der Waals surface area contributed by atoms with Crippen LogP contribution < -0.4 is 5.32 Å². The maximum Gasteiger partial charge on any atom is 0.249 e. The largest absolute Gasteiger partial charge is 0.419 e. The maximum atomic E-state index is 6.15. The number of rotatable bonds is 6. The molecule has 0 bridgehead atoms. The lowest BCUT2D eigenvalue weighted by atomic mass is 10.1. The minimum absolute atomic E-state index is 0.444. The molecule has 0 aliphatic heterocycles. The molecule has 0 saturated heterocycles. The molecule has 0 fully saturated rings. The van der Waals surface area contributed by atoms with Gasteiger partial charge in [0.1, 0.15) is 0 Å². The number of H-pyrrole nitrogens is 1. The van der Waals surface area contributed by atoms with Crippen molar-refractivity contribution in [3.63, 3.8) is 0 Å². The number of nitrogens with one attached hydrogen (secondary N) is 2. The molecular formula is C19H17ClN4O. The number of fused-ring (bicyclic) bond motifs is 1. The van der Waals surface area contributed by atoms with Crippen LogP contribution in [0.2, 0.25) is 5.02 Å². The monoisotopic (exact) mass is 352 g/mol. The molecule has 126 valence electrons. The molecule has 25 heavy (non-hydrogen) atoms. The summed E-state index contributed by atoms with van der Waals surface area (Å²) >= 11 is 6.15. The van der Waals surface area contributed by atoms with Gasteiger partial charge in [-0.05, 0) is 36.7 Å². The van der Waals surface area contributed by atoms with Crippen molar-refractivity contribution >= 4 is 22.5 Å².